The van der Waals surface area contributed by atoms with E-state index in [0.717, 1.165) is 60.7 Å². The first-order valence-corrected chi connectivity index (χ1v) is 10.8. The predicted octanol–water partition coefficient (Wildman–Crippen LogP) is 3.25. The lowest BCUT2D eigenvalue weighted by Crippen LogP contribution is -2.48. The van der Waals surface area contributed by atoms with Gasteiger partial charge in [0.2, 0.25) is 0 Å². The molecule has 2 aromatic heterocycles. The highest BCUT2D eigenvalue weighted by atomic mass is 16.4. The molecule has 1 amide bonds. The topological polar surface area (TPSA) is 94.5 Å². The van der Waals surface area contributed by atoms with Crippen molar-refractivity contribution in [3.05, 3.63) is 54.5 Å². The molecule has 8 nitrogen and oxygen atoms in total. The number of carbonyl (C=O) groups is 1. The molecule has 31 heavy (non-hydrogen) atoms. The van der Waals surface area contributed by atoms with Crippen LogP contribution < -0.4 is 15.1 Å². The second-order valence-electron chi connectivity index (χ2n) is 8.24. The highest BCUT2D eigenvalue weighted by molar-refractivity contribution is 5.80. The van der Waals surface area contributed by atoms with Crippen molar-refractivity contribution in [1.82, 2.24) is 20.3 Å². The molecule has 2 fully saturated rings. The average molecular weight is 419 g/mol. The number of amides is 1. The molecule has 160 valence electrons. The van der Waals surface area contributed by atoms with E-state index >= 15 is 0 Å². The Morgan fingerprint density at radius 3 is 2.77 bits per heavy atom. The summed E-state index contributed by atoms with van der Waals surface area (Å²) in [5, 5.41) is 13.0. The van der Waals surface area contributed by atoms with E-state index in [1.54, 1.807) is 12.4 Å². The number of aromatic nitrogens is 3. The Morgan fingerprint density at radius 1 is 1.16 bits per heavy atom. The summed E-state index contributed by atoms with van der Waals surface area (Å²) < 4.78 is 0. The van der Waals surface area contributed by atoms with Gasteiger partial charge in [-0.2, -0.15) is 0 Å². The van der Waals surface area contributed by atoms with Gasteiger partial charge >= 0.3 is 6.09 Å². The Hall–Kier alpha value is -3.42. The molecule has 0 saturated carbocycles. The molecule has 0 spiro atoms. The SMILES string of the molecule is CCC1C(NC(=O)O)CCN1c1nccnc1C1CN(c2ccc3ccccc3n2)C1. The van der Waals surface area contributed by atoms with E-state index in [1.165, 1.54) is 0 Å². The van der Waals surface area contributed by atoms with E-state index < -0.39 is 6.09 Å². The molecule has 2 unspecified atom stereocenters. The number of benzene rings is 1. The molecule has 0 aliphatic carbocycles. The Morgan fingerprint density at radius 2 is 1.97 bits per heavy atom. The van der Waals surface area contributed by atoms with Crippen molar-refractivity contribution >= 4 is 28.6 Å². The van der Waals surface area contributed by atoms with Crippen molar-refractivity contribution in [3.63, 3.8) is 0 Å². The van der Waals surface area contributed by atoms with Gasteiger partial charge in [-0.25, -0.2) is 14.8 Å². The van der Waals surface area contributed by atoms with Crippen LogP contribution in [0.15, 0.2) is 48.8 Å². The molecule has 8 heteroatoms. The summed E-state index contributed by atoms with van der Waals surface area (Å²) in [5.74, 6) is 2.15. The number of hydrogen-bond acceptors (Lipinski definition) is 6. The molecule has 2 aliphatic rings. The minimum Gasteiger partial charge on any atom is -0.465 e. The number of nitrogens with zero attached hydrogens (tertiary/aromatic N) is 5. The fourth-order valence-corrected chi connectivity index (χ4v) is 4.87. The number of carboxylic acid groups (broad SMARTS) is 1. The quantitative estimate of drug-likeness (QED) is 0.657. The first kappa shape index (κ1) is 19.5. The second-order valence-corrected chi connectivity index (χ2v) is 8.24. The van der Waals surface area contributed by atoms with Crippen LogP contribution in [0.5, 0.6) is 0 Å². The zero-order chi connectivity index (χ0) is 21.4. The van der Waals surface area contributed by atoms with E-state index in [0.29, 0.717) is 0 Å². The van der Waals surface area contributed by atoms with Crippen LogP contribution in [0.3, 0.4) is 0 Å². The molecule has 2 saturated heterocycles. The summed E-state index contributed by atoms with van der Waals surface area (Å²) in [6.45, 7) is 4.56. The van der Waals surface area contributed by atoms with E-state index in [9.17, 15) is 4.79 Å². The van der Waals surface area contributed by atoms with Gasteiger partial charge in [0.25, 0.3) is 0 Å². The van der Waals surface area contributed by atoms with Crippen LogP contribution in [0.4, 0.5) is 16.4 Å². The summed E-state index contributed by atoms with van der Waals surface area (Å²) in [4.78, 5) is 29.8. The minimum absolute atomic E-state index is 0.0861. The number of hydrogen-bond donors (Lipinski definition) is 2. The van der Waals surface area contributed by atoms with Crippen LogP contribution in [0, 0.1) is 0 Å². The van der Waals surface area contributed by atoms with Gasteiger partial charge in [-0.05, 0) is 31.0 Å². The number of para-hydroxylation sites is 1. The van der Waals surface area contributed by atoms with Crippen LogP contribution in [0.25, 0.3) is 10.9 Å². The third-order valence-corrected chi connectivity index (χ3v) is 6.43. The monoisotopic (exact) mass is 418 g/mol. The van der Waals surface area contributed by atoms with Gasteiger partial charge in [-0.15, -0.1) is 0 Å². The molecule has 2 N–H and O–H groups in total. The minimum atomic E-state index is -0.970. The Labute approximate surface area is 180 Å². The van der Waals surface area contributed by atoms with Gasteiger partial charge < -0.3 is 20.2 Å². The molecule has 1 aromatic carbocycles. The third-order valence-electron chi connectivity index (χ3n) is 6.43. The first-order valence-electron chi connectivity index (χ1n) is 10.8. The zero-order valence-electron chi connectivity index (χ0n) is 17.5. The Kier molecular flexibility index (Phi) is 5.05. The molecular formula is C23H26N6O2. The molecule has 2 aliphatic heterocycles. The predicted molar refractivity (Wildman–Crippen MR) is 120 cm³/mol. The second kappa shape index (κ2) is 8.02. The Balaban J connectivity index is 1.34. The van der Waals surface area contributed by atoms with Crippen LogP contribution in [0.1, 0.15) is 31.4 Å². The van der Waals surface area contributed by atoms with Gasteiger partial charge in [0, 0.05) is 43.3 Å². The fourth-order valence-electron chi connectivity index (χ4n) is 4.87. The standard InChI is InChI=1S/C23H26N6O2/c1-2-19-18(27-23(30)31)9-12-29(19)22-21(24-10-11-25-22)16-13-28(14-16)20-8-7-15-5-3-4-6-17(15)26-20/h3-8,10-11,16,18-19,27H,2,9,12-14H2,1H3,(H,30,31). The van der Waals surface area contributed by atoms with Crippen LogP contribution >= 0.6 is 0 Å². The average Bonchev–Trinajstić information content (AvgIpc) is 3.14. The van der Waals surface area contributed by atoms with Crippen LogP contribution in [0.2, 0.25) is 0 Å². The normalized spacial score (nSPS) is 21.3. The molecule has 4 heterocycles. The van der Waals surface area contributed by atoms with Crippen molar-refractivity contribution in [2.24, 2.45) is 0 Å². The number of rotatable bonds is 5. The first-order chi connectivity index (χ1) is 15.1. The summed E-state index contributed by atoms with van der Waals surface area (Å²) in [7, 11) is 0. The number of pyridine rings is 1. The molecule has 3 aromatic rings. The maximum absolute atomic E-state index is 11.2. The van der Waals surface area contributed by atoms with Gasteiger partial charge in [-0.1, -0.05) is 25.1 Å². The summed E-state index contributed by atoms with van der Waals surface area (Å²) in [6.07, 6.45) is 4.13. The maximum atomic E-state index is 11.2. The zero-order valence-corrected chi connectivity index (χ0v) is 17.5. The lowest BCUT2D eigenvalue weighted by molar-refractivity contribution is 0.188. The third kappa shape index (κ3) is 3.62. The molecule has 5 rings (SSSR count). The number of anilines is 2. The smallest absolute Gasteiger partial charge is 0.404 e. The van der Waals surface area contributed by atoms with E-state index in [1.807, 2.05) is 18.2 Å². The number of fused-ring (bicyclic) bond motifs is 1. The molecule has 0 radical (unpaired) electrons. The van der Waals surface area contributed by atoms with E-state index in [2.05, 4.69) is 45.2 Å². The molecule has 0 bridgehead atoms. The van der Waals surface area contributed by atoms with Crippen LogP contribution in [-0.2, 0) is 0 Å². The highest BCUT2D eigenvalue weighted by Gasteiger charge is 2.39. The van der Waals surface area contributed by atoms with Crippen LogP contribution in [-0.4, -0.2) is 57.9 Å². The fraction of sp³-hybridized carbons (Fsp3) is 0.391. The van der Waals surface area contributed by atoms with E-state index in [-0.39, 0.29) is 18.0 Å². The van der Waals surface area contributed by atoms with Crippen molar-refractivity contribution in [3.8, 4) is 0 Å². The summed E-state index contributed by atoms with van der Waals surface area (Å²) >= 11 is 0. The molecular weight excluding hydrogens is 392 g/mol. The Bertz CT molecular complexity index is 1100. The largest absolute Gasteiger partial charge is 0.465 e. The maximum Gasteiger partial charge on any atom is 0.404 e. The lowest BCUT2D eigenvalue weighted by Gasteiger charge is -2.41. The van der Waals surface area contributed by atoms with E-state index in [4.69, 9.17) is 15.1 Å². The van der Waals surface area contributed by atoms with Gasteiger partial charge in [0.1, 0.15) is 5.82 Å². The molecule has 2 atom stereocenters. The highest BCUT2D eigenvalue weighted by Crippen LogP contribution is 2.36. The lowest BCUT2D eigenvalue weighted by atomic mass is 9.95. The van der Waals surface area contributed by atoms with Crippen molar-refractivity contribution in [2.45, 2.75) is 37.8 Å². The van der Waals surface area contributed by atoms with Crippen molar-refractivity contribution in [2.75, 3.05) is 29.4 Å². The number of nitrogens with one attached hydrogen (secondary N) is 1. The van der Waals surface area contributed by atoms with Gasteiger partial charge in [0.05, 0.1) is 23.3 Å². The summed E-state index contributed by atoms with van der Waals surface area (Å²) in [5.41, 5.74) is 2.00. The van der Waals surface area contributed by atoms with Gasteiger partial charge in [0.15, 0.2) is 5.82 Å². The summed E-state index contributed by atoms with van der Waals surface area (Å²) in [6, 6.07) is 12.3. The van der Waals surface area contributed by atoms with Gasteiger partial charge in [-0.3, -0.25) is 4.98 Å². The van der Waals surface area contributed by atoms with Crippen molar-refractivity contribution in [1.29, 1.82) is 0 Å². The van der Waals surface area contributed by atoms with Crippen molar-refractivity contribution < 1.29 is 9.90 Å².